The zero-order chi connectivity index (χ0) is 17.1. The topological polar surface area (TPSA) is 68.0 Å². The summed E-state index contributed by atoms with van der Waals surface area (Å²) in [5.41, 5.74) is 3.13. The van der Waals surface area contributed by atoms with Gasteiger partial charge in [0.25, 0.3) is 11.8 Å². The summed E-state index contributed by atoms with van der Waals surface area (Å²) in [6, 6.07) is 15.1. The average Bonchev–Trinajstić information content (AvgIpc) is 3.04. The predicted octanol–water partition coefficient (Wildman–Crippen LogP) is 3.85. The first-order valence-corrected chi connectivity index (χ1v) is 7.86. The molecule has 1 heterocycles. The highest BCUT2D eigenvalue weighted by molar-refractivity contribution is 6.00. The summed E-state index contributed by atoms with van der Waals surface area (Å²) in [7, 11) is 0. The molecule has 1 N–H and O–H groups in total. The number of hydrogen-bond donors (Lipinski definition) is 1. The van der Waals surface area contributed by atoms with E-state index in [2.05, 4.69) is 15.5 Å². The van der Waals surface area contributed by atoms with Crippen LogP contribution in [-0.2, 0) is 0 Å². The molecule has 1 amide bonds. The number of rotatable bonds is 4. The van der Waals surface area contributed by atoms with Crippen LogP contribution in [0.25, 0.3) is 22.8 Å². The Hall–Kier alpha value is -2.95. The van der Waals surface area contributed by atoms with Gasteiger partial charge in [-0.2, -0.15) is 4.98 Å². The SMILES string of the molecule is Cc1ccccc1-c1noc(-c2ccccc2C(=O)NC(C)C)n1. The molecule has 1 aromatic heterocycles. The van der Waals surface area contributed by atoms with E-state index in [1.165, 1.54) is 0 Å². The van der Waals surface area contributed by atoms with Crippen LogP contribution in [0.5, 0.6) is 0 Å². The Kier molecular flexibility index (Phi) is 4.42. The van der Waals surface area contributed by atoms with E-state index < -0.39 is 0 Å². The molecular formula is C19H19N3O2. The van der Waals surface area contributed by atoms with Crippen LogP contribution in [0.3, 0.4) is 0 Å². The number of amides is 1. The van der Waals surface area contributed by atoms with Crippen LogP contribution < -0.4 is 5.32 Å². The van der Waals surface area contributed by atoms with E-state index in [0.717, 1.165) is 11.1 Å². The van der Waals surface area contributed by atoms with E-state index in [4.69, 9.17) is 4.52 Å². The summed E-state index contributed by atoms with van der Waals surface area (Å²) in [5.74, 6) is 0.696. The molecular weight excluding hydrogens is 302 g/mol. The number of aryl methyl sites for hydroxylation is 1. The second kappa shape index (κ2) is 6.66. The molecule has 0 aliphatic carbocycles. The van der Waals surface area contributed by atoms with Gasteiger partial charge in [0.15, 0.2) is 0 Å². The van der Waals surface area contributed by atoms with E-state index in [0.29, 0.717) is 22.8 Å². The van der Waals surface area contributed by atoms with Gasteiger partial charge >= 0.3 is 0 Å². The number of carbonyl (C=O) groups excluding carboxylic acids is 1. The largest absolute Gasteiger partial charge is 0.350 e. The lowest BCUT2D eigenvalue weighted by Gasteiger charge is -2.10. The minimum absolute atomic E-state index is 0.0516. The summed E-state index contributed by atoms with van der Waals surface area (Å²) in [5, 5.41) is 6.96. The summed E-state index contributed by atoms with van der Waals surface area (Å²) in [4.78, 5) is 16.9. The fourth-order valence-corrected chi connectivity index (χ4v) is 2.47. The molecule has 5 nitrogen and oxygen atoms in total. The summed E-state index contributed by atoms with van der Waals surface area (Å²) in [6.07, 6.45) is 0. The summed E-state index contributed by atoms with van der Waals surface area (Å²) < 4.78 is 5.41. The molecule has 0 unspecified atom stereocenters. The van der Waals surface area contributed by atoms with Crippen LogP contribution in [0.15, 0.2) is 53.1 Å². The quantitative estimate of drug-likeness (QED) is 0.792. The van der Waals surface area contributed by atoms with Crippen LogP contribution in [0, 0.1) is 6.92 Å². The van der Waals surface area contributed by atoms with Crippen molar-refractivity contribution in [2.75, 3.05) is 0 Å². The van der Waals surface area contributed by atoms with Crippen molar-refractivity contribution in [1.29, 1.82) is 0 Å². The Labute approximate surface area is 140 Å². The Morgan fingerprint density at radius 1 is 1.04 bits per heavy atom. The minimum Gasteiger partial charge on any atom is -0.350 e. The van der Waals surface area contributed by atoms with Crippen LogP contribution in [0.2, 0.25) is 0 Å². The number of nitrogens with zero attached hydrogens (tertiary/aromatic N) is 2. The highest BCUT2D eigenvalue weighted by Gasteiger charge is 2.18. The van der Waals surface area contributed by atoms with Crippen molar-refractivity contribution in [2.45, 2.75) is 26.8 Å². The van der Waals surface area contributed by atoms with Crippen LogP contribution in [0.1, 0.15) is 29.8 Å². The number of benzene rings is 2. The van der Waals surface area contributed by atoms with Crippen molar-refractivity contribution in [1.82, 2.24) is 15.5 Å². The molecule has 0 aliphatic heterocycles. The molecule has 122 valence electrons. The van der Waals surface area contributed by atoms with E-state index in [1.54, 1.807) is 6.07 Å². The van der Waals surface area contributed by atoms with Gasteiger partial charge in [0.2, 0.25) is 5.82 Å². The van der Waals surface area contributed by atoms with Gasteiger partial charge in [-0.25, -0.2) is 0 Å². The van der Waals surface area contributed by atoms with E-state index in [1.807, 2.05) is 63.2 Å². The highest BCUT2D eigenvalue weighted by atomic mass is 16.5. The van der Waals surface area contributed by atoms with Crippen molar-refractivity contribution in [3.8, 4) is 22.8 Å². The first kappa shape index (κ1) is 15.9. The Morgan fingerprint density at radius 2 is 1.71 bits per heavy atom. The van der Waals surface area contributed by atoms with Crippen molar-refractivity contribution < 1.29 is 9.32 Å². The second-order valence-electron chi connectivity index (χ2n) is 5.91. The molecule has 0 bridgehead atoms. The maximum Gasteiger partial charge on any atom is 0.259 e. The first-order chi connectivity index (χ1) is 11.6. The van der Waals surface area contributed by atoms with Gasteiger partial charge in [0.05, 0.1) is 11.1 Å². The monoisotopic (exact) mass is 321 g/mol. The van der Waals surface area contributed by atoms with E-state index in [9.17, 15) is 4.79 Å². The van der Waals surface area contributed by atoms with Gasteiger partial charge in [-0.05, 0) is 38.5 Å². The third-order valence-corrected chi connectivity index (χ3v) is 3.63. The van der Waals surface area contributed by atoms with Crippen molar-refractivity contribution in [2.24, 2.45) is 0 Å². The molecule has 0 spiro atoms. The third-order valence-electron chi connectivity index (χ3n) is 3.63. The average molecular weight is 321 g/mol. The normalized spacial score (nSPS) is 10.8. The van der Waals surface area contributed by atoms with E-state index >= 15 is 0 Å². The van der Waals surface area contributed by atoms with Gasteiger partial charge < -0.3 is 9.84 Å². The van der Waals surface area contributed by atoms with Gasteiger partial charge in [-0.15, -0.1) is 0 Å². The van der Waals surface area contributed by atoms with Crippen molar-refractivity contribution in [3.05, 3.63) is 59.7 Å². The molecule has 24 heavy (non-hydrogen) atoms. The first-order valence-electron chi connectivity index (χ1n) is 7.86. The molecule has 3 aromatic rings. The van der Waals surface area contributed by atoms with Gasteiger partial charge in [-0.1, -0.05) is 41.6 Å². The maximum atomic E-state index is 12.4. The zero-order valence-electron chi connectivity index (χ0n) is 13.9. The molecule has 0 aliphatic rings. The van der Waals surface area contributed by atoms with E-state index in [-0.39, 0.29) is 11.9 Å². The lowest BCUT2D eigenvalue weighted by Crippen LogP contribution is -2.30. The molecule has 2 aromatic carbocycles. The third kappa shape index (κ3) is 3.20. The van der Waals surface area contributed by atoms with Gasteiger partial charge in [-0.3, -0.25) is 4.79 Å². The van der Waals surface area contributed by atoms with Gasteiger partial charge in [0, 0.05) is 11.6 Å². The second-order valence-corrected chi connectivity index (χ2v) is 5.91. The highest BCUT2D eigenvalue weighted by Crippen LogP contribution is 2.26. The molecule has 0 saturated heterocycles. The number of hydrogen-bond acceptors (Lipinski definition) is 4. The Balaban J connectivity index is 2.00. The van der Waals surface area contributed by atoms with Crippen LogP contribution in [-0.4, -0.2) is 22.1 Å². The number of aromatic nitrogens is 2. The number of nitrogens with one attached hydrogen (secondary N) is 1. The summed E-state index contributed by atoms with van der Waals surface area (Å²) >= 11 is 0. The zero-order valence-corrected chi connectivity index (χ0v) is 13.9. The van der Waals surface area contributed by atoms with Crippen molar-refractivity contribution >= 4 is 5.91 Å². The molecule has 5 heteroatoms. The Bertz CT molecular complexity index is 868. The lowest BCUT2D eigenvalue weighted by molar-refractivity contribution is 0.0943. The molecule has 0 fully saturated rings. The predicted molar refractivity (Wildman–Crippen MR) is 92.5 cm³/mol. The standard InChI is InChI=1S/C19H19N3O2/c1-12(2)20-18(23)15-10-6-7-11-16(15)19-21-17(22-24-19)14-9-5-4-8-13(14)3/h4-12H,1-3H3,(H,20,23). The minimum atomic E-state index is -0.156. The van der Waals surface area contributed by atoms with Crippen LogP contribution in [0.4, 0.5) is 0 Å². The summed E-state index contributed by atoms with van der Waals surface area (Å²) in [6.45, 7) is 5.84. The van der Waals surface area contributed by atoms with Gasteiger partial charge in [0.1, 0.15) is 0 Å². The fourth-order valence-electron chi connectivity index (χ4n) is 2.47. The smallest absolute Gasteiger partial charge is 0.259 e. The number of carbonyl (C=O) groups is 1. The van der Waals surface area contributed by atoms with Crippen LogP contribution >= 0.6 is 0 Å². The molecule has 3 rings (SSSR count). The lowest BCUT2D eigenvalue weighted by atomic mass is 10.1. The molecule has 0 radical (unpaired) electrons. The maximum absolute atomic E-state index is 12.4. The molecule has 0 saturated carbocycles. The Morgan fingerprint density at radius 3 is 2.42 bits per heavy atom. The molecule has 0 atom stereocenters. The van der Waals surface area contributed by atoms with Crippen molar-refractivity contribution in [3.63, 3.8) is 0 Å². The fraction of sp³-hybridized carbons (Fsp3) is 0.211.